The molecule has 4 atom stereocenters. The summed E-state index contributed by atoms with van der Waals surface area (Å²) in [6.45, 7) is 0.190. The molecule has 0 aliphatic carbocycles. The summed E-state index contributed by atoms with van der Waals surface area (Å²) in [5.74, 6) is -5.73. The Hall–Kier alpha value is -4.00. The Balaban J connectivity index is 2.18. The minimum absolute atomic E-state index is 0.0816. The number of benzene rings is 1. The van der Waals surface area contributed by atoms with Gasteiger partial charge in [0.25, 0.3) is 0 Å². The summed E-state index contributed by atoms with van der Waals surface area (Å²) in [4.78, 5) is 73.5. The van der Waals surface area contributed by atoms with Gasteiger partial charge in [0.15, 0.2) is 0 Å². The molecule has 0 spiro atoms. The second kappa shape index (κ2) is 13.9. The molecule has 1 heterocycles. The lowest BCUT2D eigenvalue weighted by Crippen LogP contribution is -2.57. The van der Waals surface area contributed by atoms with Crippen LogP contribution in [0.25, 0.3) is 0 Å². The van der Waals surface area contributed by atoms with Crippen molar-refractivity contribution in [2.75, 3.05) is 6.54 Å². The van der Waals surface area contributed by atoms with E-state index in [1.807, 2.05) is 0 Å². The van der Waals surface area contributed by atoms with Crippen LogP contribution < -0.4 is 16.4 Å². The van der Waals surface area contributed by atoms with Gasteiger partial charge in [-0.05, 0) is 31.2 Å². The summed E-state index contributed by atoms with van der Waals surface area (Å²) in [7, 11) is 0. The number of likely N-dealkylation sites (tertiary alicyclic amines) is 1. The van der Waals surface area contributed by atoms with Crippen molar-refractivity contribution in [2.45, 2.75) is 69.1 Å². The average Bonchev–Trinajstić information content (AvgIpc) is 3.34. The second-order valence-corrected chi connectivity index (χ2v) is 8.81. The first kappa shape index (κ1) is 29.2. The number of rotatable bonds is 14. The zero-order valence-electron chi connectivity index (χ0n) is 20.2. The van der Waals surface area contributed by atoms with Crippen molar-refractivity contribution in [3.63, 3.8) is 0 Å². The van der Waals surface area contributed by atoms with Crippen LogP contribution in [-0.2, 0) is 35.2 Å². The Morgan fingerprint density at radius 1 is 0.919 bits per heavy atom. The van der Waals surface area contributed by atoms with E-state index < -0.39 is 66.2 Å². The first-order chi connectivity index (χ1) is 17.5. The van der Waals surface area contributed by atoms with Crippen molar-refractivity contribution >= 4 is 35.6 Å². The molecule has 202 valence electrons. The Labute approximate surface area is 213 Å². The number of hydrogen-bond donors (Lipinski definition) is 6. The van der Waals surface area contributed by atoms with Gasteiger partial charge in [0.05, 0.1) is 6.04 Å². The van der Waals surface area contributed by atoms with E-state index in [0.717, 1.165) is 5.56 Å². The van der Waals surface area contributed by atoms with E-state index in [1.54, 1.807) is 30.3 Å². The minimum Gasteiger partial charge on any atom is -0.481 e. The number of carboxylic acids is 3. The molecule has 1 fully saturated rings. The molecular weight excluding hydrogens is 488 g/mol. The lowest BCUT2D eigenvalue weighted by Gasteiger charge is -2.30. The maximum atomic E-state index is 13.5. The van der Waals surface area contributed by atoms with Crippen molar-refractivity contribution in [1.29, 1.82) is 0 Å². The summed E-state index contributed by atoms with van der Waals surface area (Å²) < 4.78 is 0. The molecule has 1 aromatic carbocycles. The molecule has 1 aliphatic heterocycles. The Bertz CT molecular complexity index is 1000. The van der Waals surface area contributed by atoms with Gasteiger partial charge in [-0.3, -0.25) is 24.0 Å². The number of carbonyl (C=O) groups is 6. The maximum Gasteiger partial charge on any atom is 0.326 e. The van der Waals surface area contributed by atoms with Gasteiger partial charge in [-0.25, -0.2) is 4.79 Å². The maximum absolute atomic E-state index is 13.5. The van der Waals surface area contributed by atoms with Gasteiger partial charge in [-0.15, -0.1) is 0 Å². The molecule has 0 aromatic heterocycles. The molecule has 0 saturated carbocycles. The van der Waals surface area contributed by atoms with Crippen LogP contribution in [0.1, 0.15) is 44.1 Å². The highest BCUT2D eigenvalue weighted by molar-refractivity contribution is 5.94. The van der Waals surface area contributed by atoms with Crippen molar-refractivity contribution < 1.29 is 44.1 Å². The van der Waals surface area contributed by atoms with Crippen LogP contribution >= 0.6 is 0 Å². The minimum atomic E-state index is -1.44. The molecule has 13 nitrogen and oxygen atoms in total. The van der Waals surface area contributed by atoms with E-state index in [9.17, 15) is 33.9 Å². The molecular formula is C24H32N4O9. The number of carbonyl (C=O) groups excluding carboxylic acids is 3. The number of carboxylic acid groups (broad SMARTS) is 3. The van der Waals surface area contributed by atoms with Gasteiger partial charge in [-0.1, -0.05) is 30.3 Å². The fourth-order valence-corrected chi connectivity index (χ4v) is 4.04. The SMILES string of the molecule is NC(CCC(=O)O)C(=O)NC(Cc1ccccc1)C(=O)N1CCCC1C(=O)NC(CCC(=O)O)C(=O)O. The van der Waals surface area contributed by atoms with E-state index in [1.165, 1.54) is 4.90 Å². The van der Waals surface area contributed by atoms with Gasteiger partial charge >= 0.3 is 17.9 Å². The first-order valence-electron chi connectivity index (χ1n) is 11.9. The molecule has 1 aromatic rings. The smallest absolute Gasteiger partial charge is 0.326 e. The topological polar surface area (TPSA) is 216 Å². The van der Waals surface area contributed by atoms with Crippen LogP contribution in [0.5, 0.6) is 0 Å². The molecule has 7 N–H and O–H groups in total. The molecule has 13 heteroatoms. The number of aliphatic carboxylic acids is 3. The monoisotopic (exact) mass is 520 g/mol. The van der Waals surface area contributed by atoms with Crippen LogP contribution in [-0.4, -0.2) is 86.6 Å². The summed E-state index contributed by atoms with van der Waals surface area (Å²) in [5.41, 5.74) is 6.53. The van der Waals surface area contributed by atoms with E-state index in [-0.39, 0.29) is 38.6 Å². The number of nitrogens with zero attached hydrogens (tertiary/aromatic N) is 1. The predicted molar refractivity (Wildman–Crippen MR) is 128 cm³/mol. The standard InChI is InChI=1S/C24H32N4O9/c25-15(8-10-19(29)30)21(33)27-17(13-14-5-2-1-3-6-14)23(35)28-12-4-7-18(28)22(34)26-16(24(36)37)9-11-20(31)32/h1-3,5-6,15-18H,4,7-13,25H2,(H,26,34)(H,27,33)(H,29,30)(H,31,32)(H,36,37). The Morgan fingerprint density at radius 2 is 1.54 bits per heavy atom. The molecule has 0 radical (unpaired) electrons. The first-order valence-corrected chi connectivity index (χ1v) is 11.9. The van der Waals surface area contributed by atoms with Crippen LogP contribution in [0.2, 0.25) is 0 Å². The average molecular weight is 521 g/mol. The van der Waals surface area contributed by atoms with E-state index in [2.05, 4.69) is 10.6 Å². The molecule has 1 aliphatic rings. The van der Waals surface area contributed by atoms with Crippen LogP contribution in [0.4, 0.5) is 0 Å². The van der Waals surface area contributed by atoms with Crippen LogP contribution in [0.3, 0.4) is 0 Å². The second-order valence-electron chi connectivity index (χ2n) is 8.81. The fourth-order valence-electron chi connectivity index (χ4n) is 4.04. The zero-order valence-corrected chi connectivity index (χ0v) is 20.2. The van der Waals surface area contributed by atoms with Gasteiger partial charge in [0, 0.05) is 25.8 Å². The normalized spacial score (nSPS) is 17.3. The highest BCUT2D eigenvalue weighted by atomic mass is 16.4. The largest absolute Gasteiger partial charge is 0.481 e. The number of nitrogens with one attached hydrogen (secondary N) is 2. The lowest BCUT2D eigenvalue weighted by molar-refractivity contribution is -0.145. The molecule has 0 bridgehead atoms. The molecule has 1 saturated heterocycles. The summed E-state index contributed by atoms with van der Waals surface area (Å²) in [5, 5.41) is 31.9. The fraction of sp³-hybridized carbons (Fsp3) is 0.500. The van der Waals surface area contributed by atoms with E-state index in [4.69, 9.17) is 15.9 Å². The summed E-state index contributed by atoms with van der Waals surface area (Å²) in [6.07, 6.45) is -0.441. The Kier molecular flexibility index (Phi) is 11.0. The zero-order chi connectivity index (χ0) is 27.5. The van der Waals surface area contributed by atoms with E-state index >= 15 is 0 Å². The van der Waals surface area contributed by atoms with Gasteiger partial charge in [-0.2, -0.15) is 0 Å². The third-order valence-electron chi connectivity index (χ3n) is 6.00. The summed E-state index contributed by atoms with van der Waals surface area (Å²) >= 11 is 0. The van der Waals surface area contributed by atoms with Crippen LogP contribution in [0, 0.1) is 0 Å². The van der Waals surface area contributed by atoms with Gasteiger partial charge in [0.1, 0.15) is 18.1 Å². The highest BCUT2D eigenvalue weighted by Crippen LogP contribution is 2.20. The predicted octanol–water partition coefficient (Wildman–Crippen LogP) is -0.669. The number of hydrogen-bond acceptors (Lipinski definition) is 7. The number of nitrogens with two attached hydrogens (primary N) is 1. The summed E-state index contributed by atoms with van der Waals surface area (Å²) in [6, 6.07) is 4.09. The quantitative estimate of drug-likeness (QED) is 0.182. The van der Waals surface area contributed by atoms with Crippen molar-refractivity contribution in [3.8, 4) is 0 Å². The van der Waals surface area contributed by atoms with Crippen LogP contribution in [0.15, 0.2) is 30.3 Å². The van der Waals surface area contributed by atoms with E-state index in [0.29, 0.717) is 6.42 Å². The van der Waals surface area contributed by atoms with Gasteiger partial charge < -0.3 is 36.6 Å². The van der Waals surface area contributed by atoms with Crippen molar-refractivity contribution in [3.05, 3.63) is 35.9 Å². The molecule has 2 rings (SSSR count). The third kappa shape index (κ3) is 9.18. The molecule has 4 unspecified atom stereocenters. The lowest BCUT2D eigenvalue weighted by atomic mass is 10.0. The molecule has 37 heavy (non-hydrogen) atoms. The van der Waals surface area contributed by atoms with Gasteiger partial charge in [0.2, 0.25) is 17.7 Å². The van der Waals surface area contributed by atoms with Crippen molar-refractivity contribution in [1.82, 2.24) is 15.5 Å². The third-order valence-corrected chi connectivity index (χ3v) is 6.00. The highest BCUT2D eigenvalue weighted by Gasteiger charge is 2.39. The Morgan fingerprint density at radius 3 is 2.14 bits per heavy atom. The number of amides is 3. The molecule has 3 amide bonds. The van der Waals surface area contributed by atoms with Crippen molar-refractivity contribution in [2.24, 2.45) is 5.73 Å².